The predicted molar refractivity (Wildman–Crippen MR) is 132 cm³/mol. The molecule has 0 aliphatic rings. The third kappa shape index (κ3) is 4.48. The summed E-state index contributed by atoms with van der Waals surface area (Å²) in [4.78, 5) is 30.8. The average Bonchev–Trinajstić information content (AvgIpc) is 2.77. The number of aryl methyl sites for hydroxylation is 5. The summed E-state index contributed by atoms with van der Waals surface area (Å²) in [6.45, 7) is 9.40. The van der Waals surface area contributed by atoms with Crippen LogP contribution in [0.5, 0.6) is 5.75 Å². The summed E-state index contributed by atoms with van der Waals surface area (Å²) in [7, 11) is 0. The number of esters is 1. The highest BCUT2D eigenvalue weighted by molar-refractivity contribution is 6.23. The van der Waals surface area contributed by atoms with Gasteiger partial charge in [0.15, 0.2) is 11.3 Å². The minimum atomic E-state index is -0.903. The Kier molecular flexibility index (Phi) is 6.07. The minimum Gasteiger partial charge on any atom is -0.506 e. The number of aliphatic hydroxyl groups is 1. The van der Waals surface area contributed by atoms with Crippen molar-refractivity contribution < 1.29 is 19.1 Å². The summed E-state index contributed by atoms with van der Waals surface area (Å²) in [5.74, 6) is -0.954. The molecule has 6 nitrogen and oxygen atoms in total. The van der Waals surface area contributed by atoms with E-state index in [2.05, 4.69) is 4.98 Å². The fourth-order valence-corrected chi connectivity index (χ4v) is 3.91. The zero-order chi connectivity index (χ0) is 24.6. The van der Waals surface area contributed by atoms with E-state index in [0.29, 0.717) is 16.8 Å². The molecule has 0 saturated carbocycles. The van der Waals surface area contributed by atoms with Gasteiger partial charge in [-0.1, -0.05) is 53.6 Å². The highest BCUT2D eigenvalue weighted by Crippen LogP contribution is 2.29. The van der Waals surface area contributed by atoms with Gasteiger partial charge >= 0.3 is 11.6 Å². The van der Waals surface area contributed by atoms with Crippen LogP contribution in [0.1, 0.15) is 39.1 Å². The summed E-state index contributed by atoms with van der Waals surface area (Å²) >= 11 is 0. The largest absolute Gasteiger partial charge is 0.506 e. The molecule has 4 rings (SSSR count). The van der Waals surface area contributed by atoms with E-state index in [9.17, 15) is 14.7 Å². The number of hydrogen-bond donors (Lipinski definition) is 1. The molecule has 0 radical (unpaired) electrons. The quantitative estimate of drug-likeness (QED) is 0.182. The molecular weight excluding hydrogens is 430 g/mol. The fourth-order valence-electron chi connectivity index (χ4n) is 3.91. The van der Waals surface area contributed by atoms with Crippen molar-refractivity contribution in [3.8, 4) is 5.75 Å². The van der Waals surface area contributed by atoms with Crippen LogP contribution in [-0.4, -0.2) is 16.1 Å². The van der Waals surface area contributed by atoms with Gasteiger partial charge in [0.05, 0.1) is 0 Å². The molecule has 1 heterocycles. The van der Waals surface area contributed by atoms with E-state index >= 15 is 0 Å². The predicted octanol–water partition coefficient (Wildman–Crippen LogP) is 5.76. The van der Waals surface area contributed by atoms with Crippen molar-refractivity contribution in [2.45, 2.75) is 34.6 Å². The van der Waals surface area contributed by atoms with Crippen molar-refractivity contribution in [2.75, 3.05) is 0 Å². The van der Waals surface area contributed by atoms with Crippen LogP contribution in [-0.2, 0) is 4.79 Å². The zero-order valence-corrected chi connectivity index (χ0v) is 19.7. The molecule has 0 aliphatic heterocycles. The first-order valence-corrected chi connectivity index (χ1v) is 10.9. The Hall–Kier alpha value is -4.19. The first-order chi connectivity index (χ1) is 16.1. The van der Waals surface area contributed by atoms with Crippen molar-refractivity contribution in [3.63, 3.8) is 0 Å². The number of rotatable bonds is 4. The summed E-state index contributed by atoms with van der Waals surface area (Å²) in [5, 5.41) is 11.2. The van der Waals surface area contributed by atoms with Gasteiger partial charge < -0.3 is 14.3 Å². The van der Waals surface area contributed by atoms with Crippen LogP contribution in [0.25, 0.3) is 22.4 Å². The Labute approximate surface area is 197 Å². The van der Waals surface area contributed by atoms with Crippen LogP contribution >= 0.6 is 0 Å². The fraction of sp³-hybridized carbons (Fsp3) is 0.179. The van der Waals surface area contributed by atoms with E-state index in [1.807, 2.05) is 46.8 Å². The van der Waals surface area contributed by atoms with Gasteiger partial charge in [-0.15, -0.1) is 0 Å². The van der Waals surface area contributed by atoms with Crippen LogP contribution in [0.3, 0.4) is 0 Å². The Morgan fingerprint density at radius 1 is 0.853 bits per heavy atom. The van der Waals surface area contributed by atoms with Gasteiger partial charge in [0.2, 0.25) is 0 Å². The molecular formula is C28H25NO5. The first-order valence-electron chi connectivity index (χ1n) is 10.9. The van der Waals surface area contributed by atoms with E-state index in [-0.39, 0.29) is 16.9 Å². The van der Waals surface area contributed by atoms with Gasteiger partial charge in [-0.25, -0.2) is 14.6 Å². The molecule has 6 heteroatoms. The molecule has 34 heavy (non-hydrogen) atoms. The number of carbonyl (C=O) groups excluding carboxylic acids is 1. The van der Waals surface area contributed by atoms with E-state index < -0.39 is 17.4 Å². The number of fused-ring (bicyclic) bond motifs is 1. The molecule has 1 aromatic heterocycles. The van der Waals surface area contributed by atoms with Crippen molar-refractivity contribution in [2.24, 2.45) is 0 Å². The zero-order valence-electron chi connectivity index (χ0n) is 19.7. The molecule has 0 saturated heterocycles. The summed E-state index contributed by atoms with van der Waals surface area (Å²) in [5.41, 5.74) is 3.92. The second-order valence-electron chi connectivity index (χ2n) is 8.53. The van der Waals surface area contributed by atoms with Crippen LogP contribution in [0, 0.1) is 34.6 Å². The lowest BCUT2D eigenvalue weighted by Gasteiger charge is -2.14. The Bertz CT molecular complexity index is 1490. The molecule has 0 fully saturated rings. The monoisotopic (exact) mass is 455 g/mol. The van der Waals surface area contributed by atoms with Gasteiger partial charge in [-0.05, 0) is 63.4 Å². The first kappa shape index (κ1) is 23.0. The van der Waals surface area contributed by atoms with Crippen molar-refractivity contribution in [1.82, 2.24) is 4.98 Å². The van der Waals surface area contributed by atoms with Crippen LogP contribution < -0.4 is 10.4 Å². The molecule has 3 aromatic carbocycles. The van der Waals surface area contributed by atoms with Crippen LogP contribution in [0.4, 0.5) is 0 Å². The van der Waals surface area contributed by atoms with E-state index in [4.69, 9.17) is 9.15 Å². The molecule has 4 aromatic rings. The van der Waals surface area contributed by atoms with Gasteiger partial charge in [0.1, 0.15) is 22.6 Å². The Balaban J connectivity index is 1.93. The van der Waals surface area contributed by atoms with E-state index in [1.165, 1.54) is 0 Å². The lowest BCUT2D eigenvalue weighted by atomic mass is 10.0. The second kappa shape index (κ2) is 8.98. The lowest BCUT2D eigenvalue weighted by molar-refractivity contribution is -0.128. The third-order valence-electron chi connectivity index (χ3n) is 5.54. The molecule has 0 spiro atoms. The number of carbonyl (C=O) groups is 1. The average molecular weight is 456 g/mol. The summed E-state index contributed by atoms with van der Waals surface area (Å²) < 4.78 is 11.2. The van der Waals surface area contributed by atoms with Crippen molar-refractivity contribution in [1.29, 1.82) is 0 Å². The molecule has 0 unspecified atom stereocenters. The summed E-state index contributed by atoms with van der Waals surface area (Å²) in [6, 6.07) is 15.9. The summed E-state index contributed by atoms with van der Waals surface area (Å²) in [6.07, 6.45) is 0. The number of hydrogen-bond acceptors (Lipinski definition) is 6. The van der Waals surface area contributed by atoms with Crippen molar-refractivity contribution in [3.05, 3.63) is 104 Å². The van der Waals surface area contributed by atoms with Crippen LogP contribution in [0.2, 0.25) is 0 Å². The van der Waals surface area contributed by atoms with Gasteiger partial charge in [-0.2, -0.15) is 0 Å². The number of aliphatic hydroxyl groups excluding tert-OH is 1. The maximum atomic E-state index is 13.5. The maximum Gasteiger partial charge on any atom is 0.363 e. The van der Waals surface area contributed by atoms with Gasteiger partial charge in [-0.3, -0.25) is 0 Å². The second-order valence-corrected chi connectivity index (χ2v) is 8.53. The van der Waals surface area contributed by atoms with E-state index in [1.54, 1.807) is 42.5 Å². The van der Waals surface area contributed by atoms with Crippen LogP contribution in [0.15, 0.2) is 63.8 Å². The highest BCUT2D eigenvalue weighted by Gasteiger charge is 2.27. The molecule has 172 valence electrons. The Morgan fingerprint density at radius 3 is 2.12 bits per heavy atom. The standard InChI is InChI=1S/C28H25NO5/c1-15-6-9-20(10-7-15)25(30)23(27(31)34-26-18(4)12-17(3)13-19(26)5)24-28(32)33-22-11-8-16(2)14-21(22)29-24/h6-14,30H,1-5H3. The number of ether oxygens (including phenoxy) is 1. The SMILES string of the molecule is Cc1ccc(C(O)=C(C(=O)Oc2c(C)cc(C)cc2C)c2nc3cc(C)ccc3oc2=O)cc1. The maximum absolute atomic E-state index is 13.5. The molecule has 0 atom stereocenters. The number of benzene rings is 3. The molecule has 0 bridgehead atoms. The molecule has 1 N–H and O–H groups in total. The highest BCUT2D eigenvalue weighted by atomic mass is 16.5. The molecule has 0 amide bonds. The lowest BCUT2D eigenvalue weighted by Crippen LogP contribution is -2.20. The van der Waals surface area contributed by atoms with Gasteiger partial charge in [0.25, 0.3) is 0 Å². The molecule has 0 aliphatic carbocycles. The Morgan fingerprint density at radius 2 is 1.47 bits per heavy atom. The smallest absolute Gasteiger partial charge is 0.363 e. The normalized spacial score (nSPS) is 11.9. The number of aromatic nitrogens is 1. The minimum absolute atomic E-state index is 0.284. The van der Waals surface area contributed by atoms with Gasteiger partial charge in [0, 0.05) is 5.56 Å². The topological polar surface area (TPSA) is 89.6 Å². The number of nitrogens with zero attached hydrogens (tertiary/aromatic N) is 1. The van der Waals surface area contributed by atoms with E-state index in [0.717, 1.165) is 27.8 Å². The third-order valence-corrected chi connectivity index (χ3v) is 5.54. The van der Waals surface area contributed by atoms with Crippen molar-refractivity contribution >= 4 is 28.4 Å².